The van der Waals surface area contributed by atoms with Crippen LogP contribution in [-0.4, -0.2) is 43.5 Å². The van der Waals surface area contributed by atoms with Crippen LogP contribution in [0.15, 0.2) is 48.7 Å². The molecule has 2 aromatic rings. The van der Waals surface area contributed by atoms with E-state index in [9.17, 15) is 4.79 Å². The predicted molar refractivity (Wildman–Crippen MR) is 111 cm³/mol. The van der Waals surface area contributed by atoms with Gasteiger partial charge >= 0.3 is 0 Å². The van der Waals surface area contributed by atoms with Gasteiger partial charge in [-0.15, -0.1) is 0 Å². The maximum Gasteiger partial charge on any atom is 0.251 e. The van der Waals surface area contributed by atoms with Crippen molar-refractivity contribution in [3.63, 3.8) is 0 Å². The smallest absolute Gasteiger partial charge is 0.251 e. The summed E-state index contributed by atoms with van der Waals surface area (Å²) in [4.78, 5) is 19.3. The molecule has 150 valence electrons. The van der Waals surface area contributed by atoms with Crippen LogP contribution in [0.25, 0.3) is 0 Å². The third kappa shape index (κ3) is 5.10. The average molecular weight is 382 g/mol. The number of carbonyl (C=O) groups is 1. The average Bonchev–Trinajstić information content (AvgIpc) is 2.73. The van der Waals surface area contributed by atoms with Crippen LogP contribution in [0.4, 0.5) is 0 Å². The van der Waals surface area contributed by atoms with Crippen molar-refractivity contribution < 1.29 is 9.53 Å². The number of hydrogen-bond acceptors (Lipinski definition) is 4. The van der Waals surface area contributed by atoms with Crippen LogP contribution in [0.1, 0.15) is 47.8 Å². The summed E-state index contributed by atoms with van der Waals surface area (Å²) >= 11 is 0. The van der Waals surface area contributed by atoms with Crippen LogP contribution >= 0.6 is 0 Å². The first-order chi connectivity index (χ1) is 13.6. The van der Waals surface area contributed by atoms with E-state index in [2.05, 4.69) is 41.4 Å². The number of amides is 1. The molecule has 0 radical (unpaired) electrons. The minimum Gasteiger partial charge on any atom is -0.497 e. The van der Waals surface area contributed by atoms with E-state index in [-0.39, 0.29) is 5.91 Å². The highest BCUT2D eigenvalue weighted by Gasteiger charge is 2.30. The summed E-state index contributed by atoms with van der Waals surface area (Å²) in [6, 6.07) is 13.8. The summed E-state index contributed by atoms with van der Waals surface area (Å²) in [5.41, 5.74) is 1.80. The second-order valence-electron chi connectivity index (χ2n) is 7.89. The number of methoxy groups -OCH3 is 1. The van der Waals surface area contributed by atoms with Gasteiger partial charge in [0.25, 0.3) is 5.91 Å². The Kier molecular flexibility index (Phi) is 7.04. The number of aromatic nitrogens is 1. The minimum absolute atomic E-state index is 0.0272. The Bertz CT molecular complexity index is 755. The van der Waals surface area contributed by atoms with Gasteiger partial charge in [-0.1, -0.05) is 12.1 Å². The topological polar surface area (TPSA) is 54.5 Å². The van der Waals surface area contributed by atoms with Gasteiger partial charge in [0.15, 0.2) is 0 Å². The summed E-state index contributed by atoms with van der Waals surface area (Å²) in [6.45, 7) is 0.735. The summed E-state index contributed by atoms with van der Waals surface area (Å²) < 4.78 is 5.20. The van der Waals surface area contributed by atoms with Crippen molar-refractivity contribution in [3.05, 3.63) is 59.9 Å². The fourth-order valence-corrected chi connectivity index (χ4v) is 4.29. The van der Waals surface area contributed by atoms with Gasteiger partial charge in [0.05, 0.1) is 18.8 Å². The van der Waals surface area contributed by atoms with Crippen LogP contribution < -0.4 is 10.1 Å². The number of hydrogen-bond donors (Lipinski definition) is 1. The number of nitrogens with zero attached hydrogens (tertiary/aromatic N) is 2. The number of ether oxygens (including phenoxy) is 1. The molecule has 1 fully saturated rings. The molecule has 3 rings (SSSR count). The fraction of sp³-hybridized carbons (Fsp3) is 0.478. The Morgan fingerprint density at radius 2 is 1.96 bits per heavy atom. The van der Waals surface area contributed by atoms with Gasteiger partial charge in [-0.3, -0.25) is 9.78 Å². The number of nitrogens with one attached hydrogen (secondary N) is 1. The molecule has 1 atom stereocenters. The molecular weight excluding hydrogens is 350 g/mol. The Hall–Kier alpha value is -2.40. The minimum atomic E-state index is -0.0272. The van der Waals surface area contributed by atoms with E-state index in [0.29, 0.717) is 29.2 Å². The molecule has 1 saturated carbocycles. The summed E-state index contributed by atoms with van der Waals surface area (Å²) in [7, 11) is 5.89. The molecular formula is C23H31N3O2. The maximum atomic E-state index is 12.4. The van der Waals surface area contributed by atoms with Crippen LogP contribution in [0.3, 0.4) is 0 Å². The first kappa shape index (κ1) is 20.3. The largest absolute Gasteiger partial charge is 0.497 e. The van der Waals surface area contributed by atoms with Gasteiger partial charge in [-0.05, 0) is 81.9 Å². The van der Waals surface area contributed by atoms with E-state index in [1.54, 1.807) is 13.2 Å². The van der Waals surface area contributed by atoms with Crippen molar-refractivity contribution in [2.45, 2.75) is 31.7 Å². The molecule has 0 spiro atoms. The molecule has 5 nitrogen and oxygen atoms in total. The van der Waals surface area contributed by atoms with Gasteiger partial charge in [-0.2, -0.15) is 0 Å². The Morgan fingerprint density at radius 3 is 2.61 bits per heavy atom. The first-order valence-electron chi connectivity index (χ1n) is 10.1. The van der Waals surface area contributed by atoms with Gasteiger partial charge < -0.3 is 15.0 Å². The normalized spacial score (nSPS) is 20.6. The maximum absolute atomic E-state index is 12.4. The van der Waals surface area contributed by atoms with E-state index in [1.807, 2.05) is 30.5 Å². The zero-order chi connectivity index (χ0) is 19.9. The lowest BCUT2D eigenvalue weighted by Gasteiger charge is -2.37. The lowest BCUT2D eigenvalue weighted by Crippen LogP contribution is -2.34. The molecule has 0 aliphatic heterocycles. The molecule has 1 aromatic carbocycles. The van der Waals surface area contributed by atoms with Gasteiger partial charge in [0.2, 0.25) is 0 Å². The third-order valence-electron chi connectivity index (χ3n) is 5.77. The standard InChI is InChI=1S/C23H31N3O2/c1-26(2)22(21-9-4-5-14-24-21)18-12-10-17(11-13-18)16-25-23(27)19-7-6-8-20(15-19)28-3/h4-9,14-15,17-18,22H,10-13,16H2,1-3H3,(H,25,27)/t17?,18?,22-/m0/s1. The van der Waals surface area contributed by atoms with Crippen LogP contribution in [0.5, 0.6) is 5.75 Å². The Morgan fingerprint density at radius 1 is 1.18 bits per heavy atom. The molecule has 1 aliphatic rings. The molecule has 5 heteroatoms. The van der Waals surface area contributed by atoms with Crippen LogP contribution in [-0.2, 0) is 0 Å². The predicted octanol–water partition coefficient (Wildman–Crippen LogP) is 3.93. The Labute approximate surface area is 168 Å². The SMILES string of the molecule is COc1cccc(C(=O)NCC2CCC([C@@H](c3ccccn3)N(C)C)CC2)c1. The van der Waals surface area contributed by atoms with Crippen molar-refractivity contribution >= 4 is 5.91 Å². The van der Waals surface area contributed by atoms with Gasteiger partial charge in [0.1, 0.15) is 5.75 Å². The molecule has 1 N–H and O–H groups in total. The molecule has 1 amide bonds. The highest BCUT2D eigenvalue weighted by atomic mass is 16.5. The second-order valence-corrected chi connectivity index (χ2v) is 7.89. The molecule has 28 heavy (non-hydrogen) atoms. The van der Waals surface area contributed by atoms with Crippen LogP contribution in [0.2, 0.25) is 0 Å². The van der Waals surface area contributed by atoms with E-state index in [4.69, 9.17) is 4.74 Å². The molecule has 0 unspecified atom stereocenters. The highest BCUT2D eigenvalue weighted by Crippen LogP contribution is 2.38. The summed E-state index contributed by atoms with van der Waals surface area (Å²) in [6.07, 6.45) is 6.49. The molecule has 1 aromatic heterocycles. The van der Waals surface area contributed by atoms with Crippen molar-refractivity contribution in [2.24, 2.45) is 11.8 Å². The number of pyridine rings is 1. The Balaban J connectivity index is 1.51. The molecule has 1 heterocycles. The molecule has 1 aliphatic carbocycles. The number of carbonyl (C=O) groups excluding carboxylic acids is 1. The lowest BCUT2D eigenvalue weighted by molar-refractivity contribution is 0.0933. The van der Waals surface area contributed by atoms with Crippen molar-refractivity contribution in [2.75, 3.05) is 27.7 Å². The van der Waals surface area contributed by atoms with Crippen molar-refractivity contribution in [1.82, 2.24) is 15.2 Å². The van der Waals surface area contributed by atoms with E-state index >= 15 is 0 Å². The van der Waals surface area contributed by atoms with Crippen LogP contribution in [0, 0.1) is 11.8 Å². The molecule has 0 saturated heterocycles. The first-order valence-corrected chi connectivity index (χ1v) is 10.1. The van der Waals surface area contributed by atoms with Gasteiger partial charge in [-0.25, -0.2) is 0 Å². The van der Waals surface area contributed by atoms with E-state index < -0.39 is 0 Å². The number of benzene rings is 1. The third-order valence-corrected chi connectivity index (χ3v) is 5.77. The highest BCUT2D eigenvalue weighted by molar-refractivity contribution is 5.94. The zero-order valence-electron chi connectivity index (χ0n) is 17.1. The lowest BCUT2D eigenvalue weighted by atomic mass is 9.77. The monoisotopic (exact) mass is 381 g/mol. The zero-order valence-corrected chi connectivity index (χ0v) is 17.1. The quantitative estimate of drug-likeness (QED) is 0.790. The fourth-order valence-electron chi connectivity index (χ4n) is 4.29. The van der Waals surface area contributed by atoms with Gasteiger partial charge in [0, 0.05) is 18.3 Å². The molecule has 0 bridgehead atoms. The van der Waals surface area contributed by atoms with E-state index in [0.717, 1.165) is 25.1 Å². The van der Waals surface area contributed by atoms with Crippen molar-refractivity contribution in [1.29, 1.82) is 0 Å². The second kappa shape index (κ2) is 9.69. The summed E-state index contributed by atoms with van der Waals surface area (Å²) in [5.74, 6) is 1.82. The van der Waals surface area contributed by atoms with E-state index in [1.165, 1.54) is 12.8 Å². The number of rotatable bonds is 7. The van der Waals surface area contributed by atoms with Crippen molar-refractivity contribution in [3.8, 4) is 5.75 Å². The summed E-state index contributed by atoms with van der Waals surface area (Å²) in [5, 5.41) is 3.10.